The van der Waals surface area contributed by atoms with Gasteiger partial charge in [0.2, 0.25) is 0 Å². The van der Waals surface area contributed by atoms with Gasteiger partial charge in [-0.05, 0) is 26.3 Å². The average Bonchev–Trinajstić information content (AvgIpc) is 2.95. The second-order valence-electron chi connectivity index (χ2n) is 6.60. The molecule has 2 aliphatic rings. The maximum absolute atomic E-state index is 5.42. The molecule has 0 N–H and O–H groups in total. The third kappa shape index (κ3) is 3.84. The molecule has 0 spiro atoms. The van der Waals surface area contributed by atoms with Gasteiger partial charge in [0.1, 0.15) is 5.82 Å². The van der Waals surface area contributed by atoms with Crippen molar-refractivity contribution >= 4 is 0 Å². The summed E-state index contributed by atoms with van der Waals surface area (Å²) in [5, 5.41) is 0. The second kappa shape index (κ2) is 6.90. The minimum atomic E-state index is 0.604. The predicted octanol–water partition coefficient (Wildman–Crippen LogP) is 1.10. The quantitative estimate of drug-likeness (QED) is 0.814. The fourth-order valence-electron chi connectivity index (χ4n) is 3.47. The Labute approximate surface area is 127 Å². The summed E-state index contributed by atoms with van der Waals surface area (Å²) in [5.41, 5.74) is 0. The average molecular weight is 292 g/mol. The van der Waals surface area contributed by atoms with Gasteiger partial charge in [-0.1, -0.05) is 0 Å². The van der Waals surface area contributed by atoms with E-state index in [4.69, 9.17) is 4.74 Å². The lowest BCUT2D eigenvalue weighted by Crippen LogP contribution is -2.46. The van der Waals surface area contributed by atoms with Crippen molar-refractivity contribution in [2.24, 2.45) is 5.92 Å². The second-order valence-corrected chi connectivity index (χ2v) is 6.60. The molecule has 0 amide bonds. The van der Waals surface area contributed by atoms with E-state index in [1.807, 2.05) is 6.20 Å². The fraction of sp³-hybridized carbons (Fsp3) is 0.812. The van der Waals surface area contributed by atoms with Gasteiger partial charge in [-0.3, -0.25) is 4.90 Å². The Balaban J connectivity index is 1.46. The lowest BCUT2D eigenvalue weighted by atomic mass is 9.98. The van der Waals surface area contributed by atoms with Crippen LogP contribution in [0.3, 0.4) is 0 Å². The van der Waals surface area contributed by atoms with Crippen LogP contribution in [0.2, 0.25) is 0 Å². The highest BCUT2D eigenvalue weighted by Gasteiger charge is 2.23. The Morgan fingerprint density at radius 2 is 2.24 bits per heavy atom. The first-order chi connectivity index (χ1) is 10.2. The van der Waals surface area contributed by atoms with Crippen LogP contribution in [0.25, 0.3) is 0 Å². The summed E-state index contributed by atoms with van der Waals surface area (Å²) >= 11 is 0. The van der Waals surface area contributed by atoms with Crippen molar-refractivity contribution in [2.45, 2.75) is 32.4 Å². The Bertz CT molecular complexity index is 441. The van der Waals surface area contributed by atoms with Gasteiger partial charge in [0.05, 0.1) is 13.2 Å². The Morgan fingerprint density at radius 3 is 3.05 bits per heavy atom. The number of ether oxygens (including phenoxy) is 1. The molecule has 0 unspecified atom stereocenters. The molecular weight excluding hydrogens is 264 g/mol. The van der Waals surface area contributed by atoms with E-state index < -0.39 is 0 Å². The summed E-state index contributed by atoms with van der Waals surface area (Å²) in [6.07, 6.45) is 6.45. The zero-order chi connectivity index (χ0) is 14.7. The molecule has 0 saturated carbocycles. The van der Waals surface area contributed by atoms with Crippen LogP contribution in [0.15, 0.2) is 12.4 Å². The number of hydrogen-bond donors (Lipinski definition) is 0. The summed E-state index contributed by atoms with van der Waals surface area (Å²) < 4.78 is 7.75. The van der Waals surface area contributed by atoms with E-state index in [-0.39, 0.29) is 0 Å². The van der Waals surface area contributed by atoms with Crippen LogP contribution >= 0.6 is 0 Å². The molecule has 0 aliphatic carbocycles. The molecule has 1 fully saturated rings. The van der Waals surface area contributed by atoms with Gasteiger partial charge >= 0.3 is 0 Å². The van der Waals surface area contributed by atoms with Crippen LogP contribution in [0, 0.1) is 5.92 Å². The molecule has 1 aromatic heterocycles. The van der Waals surface area contributed by atoms with Crippen LogP contribution in [-0.2, 0) is 17.7 Å². The molecule has 1 saturated heterocycles. The number of likely N-dealkylation sites (N-methyl/N-ethyl adjacent to an activating group) is 1. The molecule has 3 rings (SSSR count). The van der Waals surface area contributed by atoms with Crippen molar-refractivity contribution in [3.63, 3.8) is 0 Å². The largest absolute Gasteiger partial charge is 0.379 e. The van der Waals surface area contributed by atoms with E-state index in [1.165, 1.54) is 18.8 Å². The zero-order valence-corrected chi connectivity index (χ0v) is 13.4. The minimum absolute atomic E-state index is 0.604. The van der Waals surface area contributed by atoms with Crippen LogP contribution in [-0.4, -0.2) is 71.8 Å². The molecule has 2 atom stereocenters. The van der Waals surface area contributed by atoms with Crippen molar-refractivity contribution in [1.82, 2.24) is 19.4 Å². The maximum Gasteiger partial charge on any atom is 0.108 e. The molecule has 118 valence electrons. The van der Waals surface area contributed by atoms with Crippen molar-refractivity contribution in [1.29, 1.82) is 0 Å². The molecule has 5 heteroatoms. The van der Waals surface area contributed by atoms with Gasteiger partial charge in [0.15, 0.2) is 0 Å². The number of rotatable bonds is 5. The molecule has 5 nitrogen and oxygen atoms in total. The topological polar surface area (TPSA) is 33.5 Å². The zero-order valence-electron chi connectivity index (χ0n) is 13.4. The number of fused-ring (bicyclic) bond motifs is 1. The summed E-state index contributed by atoms with van der Waals surface area (Å²) in [5.74, 6) is 2.01. The minimum Gasteiger partial charge on any atom is -0.379 e. The number of aryl methyl sites for hydroxylation is 1. The van der Waals surface area contributed by atoms with Crippen LogP contribution in [0.5, 0.6) is 0 Å². The Morgan fingerprint density at radius 1 is 1.43 bits per heavy atom. The predicted molar refractivity (Wildman–Crippen MR) is 83.4 cm³/mol. The highest BCUT2D eigenvalue weighted by atomic mass is 16.5. The maximum atomic E-state index is 5.42. The normalized spacial score (nSPS) is 25.0. The number of aromatic nitrogens is 2. The first-order valence-electron chi connectivity index (χ1n) is 8.22. The van der Waals surface area contributed by atoms with Crippen molar-refractivity contribution < 1.29 is 4.74 Å². The first kappa shape index (κ1) is 15.0. The van der Waals surface area contributed by atoms with Gasteiger partial charge in [0, 0.05) is 57.6 Å². The lowest BCUT2D eigenvalue weighted by Gasteiger charge is -2.35. The van der Waals surface area contributed by atoms with E-state index in [9.17, 15) is 0 Å². The Kier molecular flexibility index (Phi) is 4.93. The van der Waals surface area contributed by atoms with Crippen molar-refractivity contribution in [3.05, 3.63) is 18.2 Å². The van der Waals surface area contributed by atoms with Crippen LogP contribution in [0.4, 0.5) is 0 Å². The molecule has 0 bridgehead atoms. The van der Waals surface area contributed by atoms with Gasteiger partial charge in [-0.2, -0.15) is 0 Å². The number of hydrogen-bond acceptors (Lipinski definition) is 4. The third-order valence-electron chi connectivity index (χ3n) is 4.96. The van der Waals surface area contributed by atoms with E-state index in [0.29, 0.717) is 6.04 Å². The van der Waals surface area contributed by atoms with E-state index in [1.54, 1.807) is 0 Å². The first-order valence-corrected chi connectivity index (χ1v) is 8.22. The van der Waals surface area contributed by atoms with Crippen molar-refractivity contribution in [3.8, 4) is 0 Å². The lowest BCUT2D eigenvalue weighted by molar-refractivity contribution is 0.0251. The smallest absolute Gasteiger partial charge is 0.108 e. The molecule has 21 heavy (non-hydrogen) atoms. The molecule has 0 radical (unpaired) electrons. The molecule has 3 heterocycles. The van der Waals surface area contributed by atoms with Gasteiger partial charge in [-0.25, -0.2) is 4.98 Å². The third-order valence-corrected chi connectivity index (χ3v) is 4.96. The summed E-state index contributed by atoms with van der Waals surface area (Å²) in [7, 11) is 2.27. The SMILES string of the molecule is C[C@H](CN1CCOCC1)N(C)C[C@H]1CCc2nccn2C1. The van der Waals surface area contributed by atoms with Crippen LogP contribution in [0.1, 0.15) is 19.2 Å². The number of imidazole rings is 1. The summed E-state index contributed by atoms with van der Waals surface area (Å²) in [4.78, 5) is 9.47. The Hall–Kier alpha value is -0.910. The van der Waals surface area contributed by atoms with E-state index >= 15 is 0 Å². The van der Waals surface area contributed by atoms with Gasteiger partial charge in [-0.15, -0.1) is 0 Å². The summed E-state index contributed by atoms with van der Waals surface area (Å²) in [6, 6.07) is 0.604. The molecule has 2 aliphatic heterocycles. The van der Waals surface area contributed by atoms with Crippen molar-refractivity contribution in [2.75, 3.05) is 46.4 Å². The van der Waals surface area contributed by atoms with Gasteiger partial charge < -0.3 is 14.2 Å². The highest BCUT2D eigenvalue weighted by molar-refractivity contribution is 4.97. The van der Waals surface area contributed by atoms with E-state index in [2.05, 4.69) is 39.5 Å². The standard InChI is InChI=1S/C16H28N4O/c1-14(11-19-7-9-21-10-8-19)18(2)12-15-3-4-16-17-5-6-20(16)13-15/h5-6,14-15H,3-4,7-13H2,1-2H3/t14-,15-/m1/s1. The number of nitrogens with zero attached hydrogens (tertiary/aromatic N) is 4. The molecular formula is C16H28N4O. The van der Waals surface area contributed by atoms with Crippen LogP contribution < -0.4 is 0 Å². The molecule has 0 aromatic carbocycles. The van der Waals surface area contributed by atoms with E-state index in [0.717, 1.165) is 51.7 Å². The molecule has 1 aromatic rings. The summed E-state index contributed by atoms with van der Waals surface area (Å²) in [6.45, 7) is 9.77. The fourth-order valence-corrected chi connectivity index (χ4v) is 3.47. The highest BCUT2D eigenvalue weighted by Crippen LogP contribution is 2.20. The monoisotopic (exact) mass is 292 g/mol. The number of morpholine rings is 1. The van der Waals surface area contributed by atoms with Gasteiger partial charge in [0.25, 0.3) is 0 Å².